The molecule has 0 spiro atoms. The highest BCUT2D eigenvalue weighted by atomic mass is 16.3. The fourth-order valence-electron chi connectivity index (χ4n) is 15.4. The number of rotatable bonds is 10. The normalized spacial score (nSPS) is 11.7. The van der Waals surface area contributed by atoms with Gasteiger partial charge in [-0.3, -0.25) is 19.9 Å². The van der Waals surface area contributed by atoms with Gasteiger partial charge in [0.15, 0.2) is 11.2 Å². The predicted molar refractivity (Wildman–Crippen MR) is 479 cm³/mol. The summed E-state index contributed by atoms with van der Waals surface area (Å²) in [6.45, 7) is 32.3. The van der Waals surface area contributed by atoms with Crippen molar-refractivity contribution in [3.63, 3.8) is 0 Å². The van der Waals surface area contributed by atoms with Gasteiger partial charge in [0.1, 0.15) is 44.6 Å². The zero-order chi connectivity index (χ0) is 79.9. The van der Waals surface area contributed by atoms with Crippen molar-refractivity contribution in [3.8, 4) is 55.6 Å². The Morgan fingerprint density at radius 3 is 1.07 bits per heavy atom. The van der Waals surface area contributed by atoms with Gasteiger partial charge in [-0.1, -0.05) is 303 Å². The number of pyridine rings is 5. The Bertz CT molecular complexity index is 6220. The molecular weight excluding hydrogens is 1410 g/mol. The SMILES string of the molecule is Cc1ccc(-c2cccc3c2oc2c(C(C)C)cncc23)cc1.Cc1ccc(-c2cccc3c2oc2c(C(C)C)nccc23)cc1.Cc1ccc(-c2cccc3c2oc2ncc(C(C)C)cc23)cc1.Cc1ccc(-c2ccnc3c2oc2c(C(C)C)cccc23)cc1.Cc1ccc(-c2cncc3c2oc2c(C(C)C)cccc23)cc1. The van der Waals surface area contributed by atoms with Gasteiger partial charge in [-0.25, -0.2) is 4.98 Å². The van der Waals surface area contributed by atoms with E-state index >= 15 is 0 Å². The van der Waals surface area contributed by atoms with Crippen molar-refractivity contribution in [2.75, 3.05) is 0 Å². The van der Waals surface area contributed by atoms with Crippen LogP contribution in [0.4, 0.5) is 0 Å². The zero-order valence-corrected chi connectivity index (χ0v) is 68.1. The molecular formula is C105H95N5O5. The van der Waals surface area contributed by atoms with Gasteiger partial charge < -0.3 is 22.1 Å². The number of fused-ring (bicyclic) bond motifs is 15. The first kappa shape index (κ1) is 76.0. The van der Waals surface area contributed by atoms with Crippen molar-refractivity contribution in [1.82, 2.24) is 24.9 Å². The van der Waals surface area contributed by atoms with Gasteiger partial charge in [0.05, 0.1) is 5.69 Å². The first-order chi connectivity index (χ1) is 55.7. The minimum absolute atomic E-state index is 0.335. The average Bonchev–Trinajstić information content (AvgIpc) is 1.64. The summed E-state index contributed by atoms with van der Waals surface area (Å²) in [6.07, 6.45) is 13.3. The number of hydrogen-bond acceptors (Lipinski definition) is 10. The molecule has 0 saturated heterocycles. The largest absolute Gasteiger partial charge is 0.455 e. The second kappa shape index (κ2) is 32.2. The Morgan fingerprint density at radius 2 is 0.591 bits per heavy atom. The second-order valence-electron chi connectivity index (χ2n) is 32.0. The van der Waals surface area contributed by atoms with E-state index in [0.29, 0.717) is 35.3 Å². The van der Waals surface area contributed by atoms with Crippen LogP contribution in [0.2, 0.25) is 0 Å². The van der Waals surface area contributed by atoms with E-state index in [2.05, 4.69) is 347 Å². The molecule has 10 aromatic heterocycles. The van der Waals surface area contributed by atoms with Crippen LogP contribution in [0.25, 0.3) is 166 Å². The highest BCUT2D eigenvalue weighted by Gasteiger charge is 2.23. The van der Waals surface area contributed by atoms with Crippen LogP contribution in [-0.2, 0) is 0 Å². The first-order valence-corrected chi connectivity index (χ1v) is 40.1. The lowest BCUT2D eigenvalue weighted by Gasteiger charge is -2.04. The summed E-state index contributed by atoms with van der Waals surface area (Å²) in [6, 6.07) is 80.7. The van der Waals surface area contributed by atoms with Gasteiger partial charge in [-0.15, -0.1) is 0 Å². The van der Waals surface area contributed by atoms with Crippen LogP contribution in [0.3, 0.4) is 0 Å². The minimum Gasteiger partial charge on any atom is -0.455 e. The molecule has 10 nitrogen and oxygen atoms in total. The van der Waals surface area contributed by atoms with E-state index in [0.717, 1.165) is 154 Å². The number of furan rings is 5. The maximum atomic E-state index is 6.32. The average molecular weight is 1510 g/mol. The summed E-state index contributed by atoms with van der Waals surface area (Å²) in [4.78, 5) is 22.5. The molecule has 0 bridgehead atoms. The molecule has 0 aliphatic heterocycles. The second-order valence-corrected chi connectivity index (χ2v) is 32.0. The van der Waals surface area contributed by atoms with E-state index in [-0.39, 0.29) is 0 Å². The Morgan fingerprint density at radius 1 is 0.235 bits per heavy atom. The van der Waals surface area contributed by atoms with Gasteiger partial charge in [0, 0.05) is 125 Å². The summed E-state index contributed by atoms with van der Waals surface area (Å²) in [5.41, 5.74) is 33.6. The standard InChI is InChI=1S/5C21H19NO/c1-13(2)16-11-19-18-6-4-5-17(15-9-7-14(3)8-10-15)20(18)23-21(19)22-12-16;1-13(2)18-11-22-12-19-17-6-4-5-16(20(17)23-21(18)19)15-9-7-14(3)8-10-15;1-13(2)16-5-4-6-17-19-12-22-11-18(21(19)23-20(16)17)15-9-7-14(3)8-10-15;1-13(2)19-21-18(11-12-22-19)17-6-4-5-16(20(17)23-21)15-9-7-14(3)8-10-15;1-13(2)16-5-4-6-18-19-21(23-20(16)18)17(11-12-22-19)15-9-7-14(3)8-10-15/h5*4-13H,1-3H3. The maximum absolute atomic E-state index is 6.32. The Kier molecular flexibility index (Phi) is 21.3. The van der Waals surface area contributed by atoms with Crippen molar-refractivity contribution < 1.29 is 22.1 Å². The van der Waals surface area contributed by atoms with Gasteiger partial charge in [0.2, 0.25) is 5.71 Å². The highest BCUT2D eigenvalue weighted by Crippen LogP contribution is 2.44. The topological polar surface area (TPSA) is 130 Å². The summed E-state index contributed by atoms with van der Waals surface area (Å²) in [5, 5.41) is 10.1. The lowest BCUT2D eigenvalue weighted by atomic mass is 10.00. The number of nitrogens with zero attached hydrogens (tertiary/aromatic N) is 5. The summed E-state index contributed by atoms with van der Waals surface area (Å²) in [5.74, 6) is 2.02. The molecule has 0 amide bonds. The summed E-state index contributed by atoms with van der Waals surface area (Å²) >= 11 is 0. The molecule has 20 aromatic rings. The van der Waals surface area contributed by atoms with E-state index in [4.69, 9.17) is 22.1 Å². The van der Waals surface area contributed by atoms with Gasteiger partial charge in [0.25, 0.3) is 0 Å². The van der Waals surface area contributed by atoms with Crippen LogP contribution in [0, 0.1) is 34.6 Å². The third-order valence-corrected chi connectivity index (χ3v) is 22.0. The van der Waals surface area contributed by atoms with Crippen molar-refractivity contribution in [2.45, 2.75) is 133 Å². The van der Waals surface area contributed by atoms with E-state index in [1.807, 2.05) is 55.5 Å². The van der Waals surface area contributed by atoms with Crippen LogP contribution in [-0.4, -0.2) is 24.9 Å². The first-order valence-electron chi connectivity index (χ1n) is 40.1. The third-order valence-electron chi connectivity index (χ3n) is 22.0. The van der Waals surface area contributed by atoms with Crippen molar-refractivity contribution >= 4 is 110 Å². The summed E-state index contributed by atoms with van der Waals surface area (Å²) in [7, 11) is 0. The molecule has 0 N–H and O–H groups in total. The minimum atomic E-state index is 0.335. The van der Waals surface area contributed by atoms with Crippen molar-refractivity contribution in [1.29, 1.82) is 0 Å². The molecule has 0 aliphatic rings. The van der Waals surface area contributed by atoms with Crippen molar-refractivity contribution in [2.24, 2.45) is 0 Å². The molecule has 0 aliphatic carbocycles. The third kappa shape index (κ3) is 15.1. The number of aryl methyl sites for hydroxylation is 5. The predicted octanol–water partition coefficient (Wildman–Crippen LogP) is 30.4. The molecule has 10 heteroatoms. The van der Waals surface area contributed by atoms with Crippen LogP contribution in [0.15, 0.2) is 296 Å². The molecule has 10 aromatic carbocycles. The lowest BCUT2D eigenvalue weighted by Crippen LogP contribution is -1.91. The van der Waals surface area contributed by atoms with E-state index in [9.17, 15) is 0 Å². The fourth-order valence-corrected chi connectivity index (χ4v) is 15.4. The maximum Gasteiger partial charge on any atom is 0.227 e. The lowest BCUT2D eigenvalue weighted by molar-refractivity contribution is 0.651. The number of aromatic nitrogens is 5. The zero-order valence-electron chi connectivity index (χ0n) is 68.1. The van der Waals surface area contributed by atoms with Crippen molar-refractivity contribution in [3.05, 3.63) is 330 Å². The molecule has 10 heterocycles. The molecule has 0 radical (unpaired) electrons. The monoisotopic (exact) mass is 1510 g/mol. The van der Waals surface area contributed by atoms with E-state index < -0.39 is 0 Å². The fraction of sp³-hybridized carbons (Fsp3) is 0.190. The quantitative estimate of drug-likeness (QED) is 0.130. The molecule has 0 unspecified atom stereocenters. The number of benzene rings is 10. The molecule has 0 saturated carbocycles. The van der Waals surface area contributed by atoms with Crippen LogP contribution in [0.5, 0.6) is 0 Å². The molecule has 570 valence electrons. The van der Waals surface area contributed by atoms with E-state index in [1.54, 1.807) is 0 Å². The Labute approximate surface area is 671 Å². The number of para-hydroxylation sites is 5. The van der Waals surface area contributed by atoms with Crippen LogP contribution >= 0.6 is 0 Å². The molecule has 0 fully saturated rings. The van der Waals surface area contributed by atoms with Gasteiger partial charge >= 0.3 is 0 Å². The van der Waals surface area contributed by atoms with E-state index in [1.165, 1.54) is 61.2 Å². The smallest absolute Gasteiger partial charge is 0.227 e. The van der Waals surface area contributed by atoms with Gasteiger partial charge in [-0.2, -0.15) is 0 Å². The van der Waals surface area contributed by atoms with Gasteiger partial charge in [-0.05, 0) is 133 Å². The molecule has 115 heavy (non-hydrogen) atoms. The number of hydrogen-bond donors (Lipinski definition) is 0. The Balaban J connectivity index is 0.000000108. The highest BCUT2D eigenvalue weighted by molar-refractivity contribution is 6.14. The van der Waals surface area contributed by atoms with Crippen LogP contribution in [0.1, 0.15) is 155 Å². The Hall–Kier alpha value is -13.1. The summed E-state index contributed by atoms with van der Waals surface area (Å²) < 4.78 is 31.3. The molecule has 20 rings (SSSR count). The van der Waals surface area contributed by atoms with Crippen LogP contribution < -0.4 is 0 Å². The molecule has 0 atom stereocenters.